The zero-order valence-electron chi connectivity index (χ0n) is 9.66. The molecule has 0 unspecified atom stereocenters. The van der Waals surface area contributed by atoms with Gasteiger partial charge in [-0.15, -0.1) is 0 Å². The molecule has 98 valence electrons. The van der Waals surface area contributed by atoms with Crippen LogP contribution in [0.5, 0.6) is 0 Å². The van der Waals surface area contributed by atoms with E-state index in [9.17, 15) is 8.42 Å². The Kier molecular flexibility index (Phi) is 5.06. The quantitative estimate of drug-likeness (QED) is 0.620. The normalized spacial score (nSPS) is 11.9. The van der Waals surface area contributed by atoms with Crippen LogP contribution < -0.4 is 5.14 Å². The van der Waals surface area contributed by atoms with E-state index in [1.165, 1.54) is 6.07 Å². The summed E-state index contributed by atoms with van der Waals surface area (Å²) in [6.45, 7) is 3.05. The second-order valence-electron chi connectivity index (χ2n) is 3.42. The third-order valence-corrected chi connectivity index (χ3v) is 2.95. The Morgan fingerprint density at radius 3 is 2.76 bits per heavy atom. The standard InChI is InChI=1S/C9H17N3O4S/c1-2-12-8(3-5-16-6-4-13)7-9(11-12)17(10,14)15/h7,13H,2-6H2,1H3,(H2,10,14,15). The van der Waals surface area contributed by atoms with Crippen molar-refractivity contribution in [2.75, 3.05) is 19.8 Å². The first-order chi connectivity index (χ1) is 7.99. The summed E-state index contributed by atoms with van der Waals surface area (Å²) in [5.41, 5.74) is 0.745. The van der Waals surface area contributed by atoms with Gasteiger partial charge in [-0.05, 0) is 13.0 Å². The molecule has 0 amide bonds. The van der Waals surface area contributed by atoms with Crippen molar-refractivity contribution in [1.29, 1.82) is 0 Å². The third-order valence-electron chi connectivity index (χ3n) is 2.17. The van der Waals surface area contributed by atoms with Crippen molar-refractivity contribution in [2.45, 2.75) is 24.9 Å². The number of nitrogens with two attached hydrogens (primary N) is 1. The fourth-order valence-corrected chi connectivity index (χ4v) is 1.90. The minimum Gasteiger partial charge on any atom is -0.394 e. The highest BCUT2D eigenvalue weighted by atomic mass is 32.2. The zero-order valence-corrected chi connectivity index (χ0v) is 10.5. The number of hydrogen-bond acceptors (Lipinski definition) is 5. The molecular weight excluding hydrogens is 246 g/mol. The number of nitrogens with zero attached hydrogens (tertiary/aromatic N) is 2. The maximum Gasteiger partial charge on any atom is 0.257 e. The highest BCUT2D eigenvalue weighted by Crippen LogP contribution is 2.09. The van der Waals surface area contributed by atoms with Gasteiger partial charge in [-0.3, -0.25) is 4.68 Å². The Balaban J connectivity index is 2.74. The van der Waals surface area contributed by atoms with Crippen LogP contribution in [0.1, 0.15) is 12.6 Å². The lowest BCUT2D eigenvalue weighted by atomic mass is 10.3. The number of primary sulfonamides is 1. The number of aryl methyl sites for hydroxylation is 1. The molecule has 0 atom stereocenters. The van der Waals surface area contributed by atoms with Gasteiger partial charge in [0.05, 0.1) is 19.8 Å². The maximum atomic E-state index is 11.1. The summed E-state index contributed by atoms with van der Waals surface area (Å²) in [6.07, 6.45) is 0.524. The molecule has 1 aromatic rings. The Bertz CT molecular complexity index is 455. The summed E-state index contributed by atoms with van der Waals surface area (Å²) in [5, 5.41) is 17.3. The van der Waals surface area contributed by atoms with Gasteiger partial charge in [0, 0.05) is 18.7 Å². The molecule has 8 heteroatoms. The second kappa shape index (κ2) is 6.10. The van der Waals surface area contributed by atoms with Crippen molar-refractivity contribution in [3.8, 4) is 0 Å². The molecule has 0 saturated carbocycles. The van der Waals surface area contributed by atoms with E-state index in [1.807, 2.05) is 6.92 Å². The van der Waals surface area contributed by atoms with Crippen LogP contribution in [0.4, 0.5) is 0 Å². The minimum absolute atomic E-state index is 0.0323. The van der Waals surface area contributed by atoms with Crippen LogP contribution >= 0.6 is 0 Å². The first-order valence-electron chi connectivity index (χ1n) is 5.27. The summed E-state index contributed by atoms with van der Waals surface area (Å²) in [4.78, 5) is 0. The molecule has 3 N–H and O–H groups in total. The van der Waals surface area contributed by atoms with Crippen LogP contribution in [0.3, 0.4) is 0 Å². The molecule has 0 fully saturated rings. The fourth-order valence-electron chi connectivity index (χ4n) is 1.39. The van der Waals surface area contributed by atoms with E-state index < -0.39 is 10.0 Å². The van der Waals surface area contributed by atoms with E-state index >= 15 is 0 Å². The predicted molar refractivity (Wildman–Crippen MR) is 60.9 cm³/mol. The second-order valence-corrected chi connectivity index (χ2v) is 4.93. The highest BCUT2D eigenvalue weighted by Gasteiger charge is 2.15. The molecule has 0 spiro atoms. The van der Waals surface area contributed by atoms with Gasteiger partial charge in [-0.1, -0.05) is 0 Å². The molecule has 17 heavy (non-hydrogen) atoms. The minimum atomic E-state index is -3.76. The molecule has 0 saturated heterocycles. The number of hydrogen-bond donors (Lipinski definition) is 2. The summed E-state index contributed by atoms with van der Waals surface area (Å²) >= 11 is 0. The monoisotopic (exact) mass is 263 g/mol. The molecule has 0 aromatic carbocycles. The molecule has 7 nitrogen and oxygen atoms in total. The fraction of sp³-hybridized carbons (Fsp3) is 0.667. The first-order valence-corrected chi connectivity index (χ1v) is 6.81. The van der Waals surface area contributed by atoms with Gasteiger partial charge in [-0.25, -0.2) is 13.6 Å². The van der Waals surface area contributed by atoms with Gasteiger partial charge in [0.15, 0.2) is 5.03 Å². The molecule has 0 aliphatic carbocycles. The molecule has 0 bridgehead atoms. The van der Waals surface area contributed by atoms with Crippen molar-refractivity contribution >= 4 is 10.0 Å². The molecule has 0 radical (unpaired) electrons. The molecule has 1 heterocycles. The lowest BCUT2D eigenvalue weighted by Crippen LogP contribution is -2.13. The Labute approximate surface area is 100 Å². The molecular formula is C9H17N3O4S. The average molecular weight is 263 g/mol. The van der Waals surface area contributed by atoms with Crippen molar-refractivity contribution in [2.24, 2.45) is 5.14 Å². The van der Waals surface area contributed by atoms with Gasteiger partial charge < -0.3 is 9.84 Å². The lowest BCUT2D eigenvalue weighted by Gasteiger charge is -2.04. The van der Waals surface area contributed by atoms with E-state index in [1.54, 1.807) is 4.68 Å². The zero-order chi connectivity index (χ0) is 12.9. The summed E-state index contributed by atoms with van der Waals surface area (Å²) in [7, 11) is -3.76. The Morgan fingerprint density at radius 1 is 1.53 bits per heavy atom. The van der Waals surface area contributed by atoms with Gasteiger partial charge in [-0.2, -0.15) is 5.10 Å². The van der Waals surface area contributed by atoms with Crippen LogP contribution in [0.25, 0.3) is 0 Å². The van der Waals surface area contributed by atoms with Crippen LogP contribution in [0, 0.1) is 0 Å². The molecule has 0 aliphatic heterocycles. The van der Waals surface area contributed by atoms with Crippen LogP contribution in [-0.2, 0) is 27.7 Å². The summed E-state index contributed by atoms with van der Waals surface area (Å²) in [6, 6.07) is 1.45. The Hall–Kier alpha value is -0.960. The average Bonchev–Trinajstić information content (AvgIpc) is 2.67. The van der Waals surface area contributed by atoms with Crippen LogP contribution in [-0.4, -0.2) is 43.1 Å². The van der Waals surface area contributed by atoms with E-state index in [-0.39, 0.29) is 18.2 Å². The number of aliphatic hydroxyl groups is 1. The number of ether oxygens (including phenoxy) is 1. The van der Waals surface area contributed by atoms with Gasteiger partial charge >= 0.3 is 0 Å². The van der Waals surface area contributed by atoms with E-state index in [0.29, 0.717) is 19.6 Å². The van der Waals surface area contributed by atoms with Crippen molar-refractivity contribution in [3.63, 3.8) is 0 Å². The van der Waals surface area contributed by atoms with Gasteiger partial charge in [0.1, 0.15) is 0 Å². The molecule has 0 aliphatic rings. The smallest absolute Gasteiger partial charge is 0.257 e. The Morgan fingerprint density at radius 2 is 2.24 bits per heavy atom. The van der Waals surface area contributed by atoms with Gasteiger partial charge in [0.2, 0.25) is 0 Å². The topological polar surface area (TPSA) is 107 Å². The van der Waals surface area contributed by atoms with E-state index in [4.69, 9.17) is 15.0 Å². The predicted octanol–water partition coefficient (Wildman–Crippen LogP) is -0.898. The largest absolute Gasteiger partial charge is 0.394 e. The number of rotatable bonds is 7. The van der Waals surface area contributed by atoms with E-state index in [0.717, 1.165) is 5.69 Å². The number of aliphatic hydroxyl groups excluding tert-OH is 1. The maximum absolute atomic E-state index is 11.1. The molecule has 1 rings (SSSR count). The molecule has 1 aromatic heterocycles. The van der Waals surface area contributed by atoms with Crippen LogP contribution in [0.2, 0.25) is 0 Å². The number of aromatic nitrogens is 2. The highest BCUT2D eigenvalue weighted by molar-refractivity contribution is 7.89. The van der Waals surface area contributed by atoms with Crippen molar-refractivity contribution < 1.29 is 18.3 Å². The third kappa shape index (κ3) is 4.08. The van der Waals surface area contributed by atoms with Crippen molar-refractivity contribution in [1.82, 2.24) is 9.78 Å². The number of sulfonamides is 1. The first kappa shape index (κ1) is 14.1. The van der Waals surface area contributed by atoms with Gasteiger partial charge in [0.25, 0.3) is 10.0 Å². The lowest BCUT2D eigenvalue weighted by molar-refractivity contribution is 0.0935. The van der Waals surface area contributed by atoms with Crippen LogP contribution in [0.15, 0.2) is 11.1 Å². The van der Waals surface area contributed by atoms with Crippen molar-refractivity contribution in [3.05, 3.63) is 11.8 Å². The van der Waals surface area contributed by atoms with E-state index in [2.05, 4.69) is 5.10 Å². The SMILES string of the molecule is CCn1nc(S(N)(=O)=O)cc1CCOCCO. The summed E-state index contributed by atoms with van der Waals surface area (Å²) in [5.74, 6) is 0. The summed E-state index contributed by atoms with van der Waals surface area (Å²) < 4.78 is 28.9.